The molecule has 1 aliphatic rings. The molecule has 0 bridgehead atoms. The number of rotatable bonds is 9. The zero-order chi connectivity index (χ0) is 27.7. The first-order valence-corrected chi connectivity index (χ1v) is 13.9. The monoisotopic (exact) mass is 571 g/mol. The SMILES string of the molecule is Cc1ccc(OP(=S)(OC[C@@]2(C(F)F)O[C@@H](n3ccc(N)nc3=O)[C@@H](F)[C@@H]2O)Oc2ccc(C)cc2)cc1. The van der Waals surface area contributed by atoms with Crippen LogP contribution >= 0.6 is 6.72 Å². The van der Waals surface area contributed by atoms with Crippen LogP contribution in [0.3, 0.4) is 0 Å². The summed E-state index contributed by atoms with van der Waals surface area (Å²) >= 11 is 5.52. The maximum atomic E-state index is 15.1. The third-order valence-corrected chi connectivity index (χ3v) is 7.91. The van der Waals surface area contributed by atoms with Crippen LogP contribution in [0.5, 0.6) is 11.5 Å². The minimum atomic E-state index is -3.89. The van der Waals surface area contributed by atoms with Crippen LogP contribution in [0.4, 0.5) is 19.0 Å². The molecule has 0 unspecified atom stereocenters. The fourth-order valence-corrected chi connectivity index (χ4v) is 5.62. The Morgan fingerprint density at radius 1 is 1.11 bits per heavy atom. The van der Waals surface area contributed by atoms with E-state index >= 15 is 4.39 Å². The fourth-order valence-electron chi connectivity index (χ4n) is 3.69. The van der Waals surface area contributed by atoms with Crippen LogP contribution in [-0.2, 0) is 21.1 Å². The maximum Gasteiger partial charge on any atom is 0.435 e. The number of nitrogens with zero attached hydrogens (tertiary/aromatic N) is 2. The summed E-state index contributed by atoms with van der Waals surface area (Å²) < 4.78 is 67.2. The fraction of sp³-hybridized carbons (Fsp3) is 0.333. The van der Waals surface area contributed by atoms with Gasteiger partial charge in [0.2, 0.25) is 0 Å². The normalized spacial score (nSPS) is 23.5. The van der Waals surface area contributed by atoms with Crippen LogP contribution in [0.2, 0.25) is 0 Å². The molecule has 1 aromatic heterocycles. The van der Waals surface area contributed by atoms with Crippen molar-refractivity contribution in [2.75, 3.05) is 12.3 Å². The number of hydrogen-bond donors (Lipinski definition) is 2. The molecule has 4 rings (SSSR count). The predicted octanol–water partition coefficient (Wildman–Crippen LogP) is 4.07. The zero-order valence-corrected chi connectivity index (χ0v) is 22.0. The largest absolute Gasteiger partial charge is 0.435 e. The molecule has 1 saturated heterocycles. The van der Waals surface area contributed by atoms with Crippen molar-refractivity contribution in [2.24, 2.45) is 0 Å². The highest BCUT2D eigenvalue weighted by molar-refractivity contribution is 8.07. The number of ether oxygens (including phenoxy) is 1. The van der Waals surface area contributed by atoms with Gasteiger partial charge >= 0.3 is 12.4 Å². The lowest BCUT2D eigenvalue weighted by Gasteiger charge is -2.32. The van der Waals surface area contributed by atoms with E-state index in [2.05, 4.69) is 4.98 Å². The Bertz CT molecular complexity index is 1330. The quantitative estimate of drug-likeness (QED) is 0.367. The third kappa shape index (κ3) is 5.87. The molecule has 38 heavy (non-hydrogen) atoms. The highest BCUT2D eigenvalue weighted by atomic mass is 32.5. The lowest BCUT2D eigenvalue weighted by molar-refractivity contribution is -0.192. The number of aryl methyl sites for hydroxylation is 2. The van der Waals surface area contributed by atoms with Gasteiger partial charge in [0.1, 0.15) is 23.4 Å². The average molecular weight is 572 g/mol. The number of alkyl halides is 3. The number of benzene rings is 2. The van der Waals surface area contributed by atoms with Crippen LogP contribution < -0.4 is 20.5 Å². The van der Waals surface area contributed by atoms with Gasteiger partial charge in [-0.3, -0.25) is 9.09 Å². The molecule has 0 spiro atoms. The summed E-state index contributed by atoms with van der Waals surface area (Å²) in [4.78, 5) is 15.7. The highest BCUT2D eigenvalue weighted by Gasteiger charge is 2.62. The van der Waals surface area contributed by atoms with E-state index < -0.39 is 49.5 Å². The number of anilines is 1. The van der Waals surface area contributed by atoms with Crippen LogP contribution in [-0.4, -0.2) is 45.6 Å². The van der Waals surface area contributed by atoms with Gasteiger partial charge in [-0.2, -0.15) is 4.98 Å². The Morgan fingerprint density at radius 2 is 1.63 bits per heavy atom. The first-order chi connectivity index (χ1) is 17.9. The number of aliphatic hydroxyl groups is 1. The Labute approximate surface area is 221 Å². The van der Waals surface area contributed by atoms with Crippen LogP contribution in [0, 0.1) is 13.8 Å². The number of nitrogen functional groups attached to an aromatic ring is 1. The van der Waals surface area contributed by atoms with E-state index in [9.17, 15) is 18.7 Å². The van der Waals surface area contributed by atoms with Gasteiger partial charge in [-0.1, -0.05) is 35.4 Å². The minimum absolute atomic E-state index is 0.161. The summed E-state index contributed by atoms with van der Waals surface area (Å²) in [5.41, 5.74) is 3.34. The van der Waals surface area contributed by atoms with Crippen molar-refractivity contribution in [3.8, 4) is 11.5 Å². The van der Waals surface area contributed by atoms with Gasteiger partial charge < -0.3 is 24.6 Å². The van der Waals surface area contributed by atoms with E-state index in [1.54, 1.807) is 48.5 Å². The number of aromatic nitrogens is 2. The molecule has 1 aliphatic heterocycles. The number of hydrogen-bond acceptors (Lipinski definition) is 9. The summed E-state index contributed by atoms with van der Waals surface area (Å²) in [6, 6.07) is 14.5. The lowest BCUT2D eigenvalue weighted by Crippen LogP contribution is -2.52. The predicted molar refractivity (Wildman–Crippen MR) is 137 cm³/mol. The van der Waals surface area contributed by atoms with Gasteiger partial charge in [-0.15, -0.1) is 0 Å². The standard InChI is InChI=1S/C24H25F3N3O6PS/c1-14-3-7-16(8-4-14)35-37(38,36-17-9-5-15(2)6-10-17)33-13-24(22(26)27)20(31)19(25)21(34-24)30-12-11-18(28)29-23(30)32/h3-12,19-22,31H,13H2,1-2H3,(H2,28,29,32)/t19-,20-,21+,24+/m0/s1. The maximum absolute atomic E-state index is 15.1. The molecule has 3 N–H and O–H groups in total. The molecule has 4 atom stereocenters. The Kier molecular flexibility index (Phi) is 8.15. The summed E-state index contributed by atoms with van der Waals surface area (Å²) in [5, 5.41) is 10.6. The smallest absolute Gasteiger partial charge is 0.416 e. The van der Waals surface area contributed by atoms with Gasteiger partial charge in [-0.05, 0) is 44.2 Å². The van der Waals surface area contributed by atoms with E-state index in [0.29, 0.717) is 4.57 Å². The molecule has 0 amide bonds. The molecule has 0 aliphatic carbocycles. The summed E-state index contributed by atoms with van der Waals surface area (Å²) in [5.74, 6) is 0.322. The second-order valence-corrected chi connectivity index (χ2v) is 11.6. The molecule has 0 saturated carbocycles. The molecule has 204 valence electrons. The van der Waals surface area contributed by atoms with E-state index in [0.717, 1.165) is 23.4 Å². The second kappa shape index (κ2) is 11.0. The molecule has 9 nitrogen and oxygen atoms in total. The van der Waals surface area contributed by atoms with Crippen LogP contribution in [0.1, 0.15) is 17.4 Å². The summed E-state index contributed by atoms with van der Waals surface area (Å²) in [6.07, 6.45) is -9.20. The topological polar surface area (TPSA) is 118 Å². The van der Waals surface area contributed by atoms with Gasteiger partial charge in [-0.25, -0.2) is 18.0 Å². The molecule has 0 radical (unpaired) electrons. The Morgan fingerprint density at radius 3 is 2.11 bits per heavy atom. The first-order valence-electron chi connectivity index (χ1n) is 11.3. The van der Waals surface area contributed by atoms with Gasteiger partial charge in [0.25, 0.3) is 6.43 Å². The molecule has 3 aromatic rings. The van der Waals surface area contributed by atoms with Gasteiger partial charge in [0, 0.05) is 18.0 Å². The Hall–Kier alpha value is -2.96. The summed E-state index contributed by atoms with van der Waals surface area (Å²) in [6.45, 7) is -1.29. The van der Waals surface area contributed by atoms with E-state index in [1.165, 1.54) is 0 Å². The first kappa shape index (κ1) is 28.1. The highest BCUT2D eigenvalue weighted by Crippen LogP contribution is 2.53. The van der Waals surface area contributed by atoms with Crippen molar-refractivity contribution >= 4 is 24.3 Å². The number of halogens is 3. The van der Waals surface area contributed by atoms with Crippen molar-refractivity contribution in [1.29, 1.82) is 0 Å². The molecule has 2 aromatic carbocycles. The van der Waals surface area contributed by atoms with Crippen LogP contribution in [0.25, 0.3) is 0 Å². The molecule has 14 heteroatoms. The molecule has 1 fully saturated rings. The molecular formula is C24H25F3N3O6PS. The summed E-state index contributed by atoms with van der Waals surface area (Å²) in [7, 11) is 0. The lowest BCUT2D eigenvalue weighted by atomic mass is 9.97. The second-order valence-electron chi connectivity index (χ2n) is 8.72. The van der Waals surface area contributed by atoms with E-state index in [-0.39, 0.29) is 17.3 Å². The number of nitrogens with two attached hydrogens (primary N) is 1. The Balaban J connectivity index is 1.64. The minimum Gasteiger partial charge on any atom is -0.416 e. The van der Waals surface area contributed by atoms with Crippen molar-refractivity contribution in [3.05, 3.63) is 82.4 Å². The van der Waals surface area contributed by atoms with Crippen molar-refractivity contribution < 1.29 is 36.6 Å². The van der Waals surface area contributed by atoms with Gasteiger partial charge in [0.05, 0.1) is 6.61 Å². The van der Waals surface area contributed by atoms with Crippen molar-refractivity contribution in [3.63, 3.8) is 0 Å². The van der Waals surface area contributed by atoms with Crippen LogP contribution in [0.15, 0.2) is 65.6 Å². The van der Waals surface area contributed by atoms with E-state index in [4.69, 9.17) is 35.8 Å². The zero-order valence-electron chi connectivity index (χ0n) is 20.2. The average Bonchev–Trinajstić information content (AvgIpc) is 3.12. The van der Waals surface area contributed by atoms with Gasteiger partial charge in [0.15, 0.2) is 18.0 Å². The number of aliphatic hydroxyl groups excluding tert-OH is 1. The third-order valence-electron chi connectivity index (χ3n) is 5.83. The van der Waals surface area contributed by atoms with Crippen molar-refractivity contribution in [1.82, 2.24) is 9.55 Å². The van der Waals surface area contributed by atoms with E-state index in [1.807, 2.05) is 13.8 Å². The molecular weight excluding hydrogens is 546 g/mol. The van der Waals surface area contributed by atoms with Crippen molar-refractivity contribution in [2.45, 2.75) is 44.4 Å². The molecule has 2 heterocycles.